The van der Waals surface area contributed by atoms with Crippen LogP contribution in [0, 0.1) is 0 Å². The average molecular weight is 309 g/mol. The fourth-order valence-corrected chi connectivity index (χ4v) is 2.88. The molecule has 4 rings (SSSR count). The van der Waals surface area contributed by atoms with Gasteiger partial charge in [0.15, 0.2) is 5.01 Å². The van der Waals surface area contributed by atoms with Gasteiger partial charge in [-0.15, -0.1) is 10.2 Å². The maximum absolute atomic E-state index is 5.63. The molecule has 0 saturated heterocycles. The molecule has 8 heteroatoms. The first-order valence-electron chi connectivity index (χ1n) is 6.59. The van der Waals surface area contributed by atoms with Crippen molar-refractivity contribution in [1.29, 1.82) is 0 Å². The number of aromatic nitrogens is 4. The molecule has 0 spiro atoms. The average Bonchev–Trinajstić information content (AvgIpc) is 3.16. The Kier molecular flexibility index (Phi) is 3.01. The number of rotatable bonds is 3. The molecule has 3 heterocycles. The minimum atomic E-state index is 0.361. The van der Waals surface area contributed by atoms with Gasteiger partial charge >= 0.3 is 0 Å². The number of nitrogen functional groups attached to an aromatic ring is 1. The third-order valence-corrected chi connectivity index (χ3v) is 4.05. The minimum Gasteiger partial charge on any atom is -0.382 e. The lowest BCUT2D eigenvalue weighted by atomic mass is 10.1. The summed E-state index contributed by atoms with van der Waals surface area (Å²) in [5.74, 6) is 0.361. The summed E-state index contributed by atoms with van der Waals surface area (Å²) in [7, 11) is 0. The largest absolute Gasteiger partial charge is 0.382 e. The Bertz CT molecular complexity index is 871. The molecule has 3 N–H and O–H groups in total. The summed E-state index contributed by atoms with van der Waals surface area (Å²) in [4.78, 5) is 12.4. The van der Waals surface area contributed by atoms with Gasteiger partial charge in [0.1, 0.15) is 11.5 Å². The lowest BCUT2D eigenvalue weighted by molar-refractivity contribution is 1.08. The number of hydrogen-bond donors (Lipinski definition) is 2. The predicted octanol–water partition coefficient (Wildman–Crippen LogP) is 2.25. The first-order chi connectivity index (χ1) is 10.8. The molecule has 7 nitrogen and oxygen atoms in total. The lowest BCUT2D eigenvalue weighted by Gasteiger charge is -2.03. The van der Waals surface area contributed by atoms with E-state index in [0.717, 1.165) is 17.8 Å². The Hall–Kier alpha value is -2.87. The molecule has 1 aromatic carbocycles. The van der Waals surface area contributed by atoms with E-state index in [1.165, 1.54) is 23.1 Å². The van der Waals surface area contributed by atoms with E-state index < -0.39 is 0 Å². The molecule has 0 fully saturated rings. The van der Waals surface area contributed by atoms with Crippen molar-refractivity contribution in [2.75, 3.05) is 11.1 Å². The van der Waals surface area contributed by atoms with E-state index in [4.69, 9.17) is 5.73 Å². The van der Waals surface area contributed by atoms with Gasteiger partial charge in [-0.1, -0.05) is 17.4 Å². The first-order valence-corrected chi connectivity index (χ1v) is 7.41. The molecule has 0 radical (unpaired) electrons. The van der Waals surface area contributed by atoms with Gasteiger partial charge in [0.2, 0.25) is 5.13 Å². The Morgan fingerprint density at radius 2 is 2.14 bits per heavy atom. The van der Waals surface area contributed by atoms with E-state index in [2.05, 4.69) is 36.5 Å². The molecule has 1 aliphatic heterocycles. The normalized spacial score (nSPS) is 12.4. The molecular weight excluding hydrogens is 298 g/mol. The van der Waals surface area contributed by atoms with Gasteiger partial charge in [-0.25, -0.2) is 4.98 Å². The van der Waals surface area contributed by atoms with E-state index in [1.54, 1.807) is 6.20 Å². The van der Waals surface area contributed by atoms with Crippen LogP contribution in [0.1, 0.15) is 11.1 Å². The smallest absolute Gasteiger partial charge is 0.210 e. The Morgan fingerprint density at radius 1 is 1.18 bits per heavy atom. The Labute approximate surface area is 130 Å². The Morgan fingerprint density at radius 3 is 3.05 bits per heavy atom. The number of nitrogens with one attached hydrogen (secondary N) is 1. The van der Waals surface area contributed by atoms with Crippen molar-refractivity contribution in [2.24, 2.45) is 4.99 Å². The number of benzene rings is 1. The monoisotopic (exact) mass is 309 g/mol. The van der Waals surface area contributed by atoms with E-state index >= 15 is 0 Å². The van der Waals surface area contributed by atoms with E-state index in [1.807, 2.05) is 18.3 Å². The molecule has 0 bridgehead atoms. The molecule has 0 aliphatic carbocycles. The summed E-state index contributed by atoms with van der Waals surface area (Å²) in [5.41, 5.74) is 9.57. The van der Waals surface area contributed by atoms with Gasteiger partial charge in [0.05, 0.1) is 18.9 Å². The van der Waals surface area contributed by atoms with Crippen LogP contribution in [0.3, 0.4) is 0 Å². The summed E-state index contributed by atoms with van der Waals surface area (Å²) in [6.45, 7) is 0.757. The van der Waals surface area contributed by atoms with Crippen LogP contribution < -0.4 is 11.1 Å². The first kappa shape index (κ1) is 12.8. The van der Waals surface area contributed by atoms with Crippen molar-refractivity contribution in [3.8, 4) is 10.7 Å². The summed E-state index contributed by atoms with van der Waals surface area (Å²) in [6, 6.07) is 6.12. The second kappa shape index (κ2) is 5.15. The second-order valence-electron chi connectivity index (χ2n) is 4.75. The van der Waals surface area contributed by atoms with Gasteiger partial charge in [-0.3, -0.25) is 9.98 Å². The molecule has 108 valence electrons. The van der Waals surface area contributed by atoms with E-state index in [-0.39, 0.29) is 0 Å². The zero-order valence-corrected chi connectivity index (χ0v) is 12.2. The maximum atomic E-state index is 5.63. The Balaban J connectivity index is 1.58. The van der Waals surface area contributed by atoms with Crippen molar-refractivity contribution in [1.82, 2.24) is 20.2 Å². The third kappa shape index (κ3) is 2.40. The van der Waals surface area contributed by atoms with E-state index in [0.29, 0.717) is 21.7 Å². The molecule has 0 amide bonds. The van der Waals surface area contributed by atoms with E-state index in [9.17, 15) is 0 Å². The van der Waals surface area contributed by atoms with Gasteiger partial charge in [0.25, 0.3) is 0 Å². The van der Waals surface area contributed by atoms with Crippen LogP contribution in [0.2, 0.25) is 0 Å². The van der Waals surface area contributed by atoms with Crippen molar-refractivity contribution < 1.29 is 0 Å². The highest BCUT2D eigenvalue weighted by atomic mass is 32.1. The number of anilines is 3. The quantitative estimate of drug-likeness (QED) is 0.769. The predicted molar refractivity (Wildman–Crippen MR) is 86.4 cm³/mol. The van der Waals surface area contributed by atoms with Crippen molar-refractivity contribution in [2.45, 2.75) is 6.54 Å². The van der Waals surface area contributed by atoms with Crippen LogP contribution >= 0.6 is 11.3 Å². The number of aliphatic imine (C=N–C) groups is 1. The summed E-state index contributed by atoms with van der Waals surface area (Å²) >= 11 is 1.40. The highest BCUT2D eigenvalue weighted by molar-refractivity contribution is 7.18. The topological polar surface area (TPSA) is 102 Å². The molecule has 0 unspecified atom stereocenters. The summed E-state index contributed by atoms with van der Waals surface area (Å²) in [6.07, 6.45) is 5.00. The van der Waals surface area contributed by atoms with Gasteiger partial charge < -0.3 is 11.1 Å². The molecular formula is C14H11N7S. The van der Waals surface area contributed by atoms with Crippen molar-refractivity contribution in [3.05, 3.63) is 41.7 Å². The zero-order valence-electron chi connectivity index (χ0n) is 11.4. The highest BCUT2D eigenvalue weighted by Gasteiger charge is 2.11. The van der Waals surface area contributed by atoms with Crippen molar-refractivity contribution in [3.63, 3.8) is 0 Å². The molecule has 0 atom stereocenters. The molecule has 0 saturated carbocycles. The maximum Gasteiger partial charge on any atom is 0.210 e. The zero-order chi connectivity index (χ0) is 14.9. The van der Waals surface area contributed by atoms with Crippen LogP contribution in [-0.2, 0) is 6.54 Å². The number of fused-ring (bicyclic) bond motifs is 1. The fourth-order valence-electron chi connectivity index (χ4n) is 2.16. The SMILES string of the molecule is Nc1cncc(-c2nnc(Nc3ccc4c(c3)C=NC4)s2)n1. The van der Waals surface area contributed by atoms with Gasteiger partial charge in [-0.2, -0.15) is 0 Å². The minimum absolute atomic E-state index is 0.361. The summed E-state index contributed by atoms with van der Waals surface area (Å²) in [5, 5.41) is 12.8. The third-order valence-electron chi connectivity index (χ3n) is 3.19. The number of nitrogens with zero attached hydrogens (tertiary/aromatic N) is 5. The second-order valence-corrected chi connectivity index (χ2v) is 5.73. The lowest BCUT2D eigenvalue weighted by Crippen LogP contribution is -1.93. The molecule has 22 heavy (non-hydrogen) atoms. The standard InChI is InChI=1S/C14H11N7S/c15-12-7-17-6-11(19-12)13-20-21-14(22-13)18-10-2-1-8-4-16-5-9(8)3-10/h1-3,5-7H,4H2,(H2,15,19)(H,18,21). The van der Waals surface area contributed by atoms with Crippen LogP contribution in [0.25, 0.3) is 10.7 Å². The molecule has 2 aromatic heterocycles. The van der Waals surface area contributed by atoms with Crippen molar-refractivity contribution >= 4 is 34.2 Å². The van der Waals surface area contributed by atoms with Crippen LogP contribution in [0.5, 0.6) is 0 Å². The van der Waals surface area contributed by atoms with Crippen LogP contribution in [0.15, 0.2) is 35.6 Å². The molecule has 1 aliphatic rings. The van der Waals surface area contributed by atoms with Gasteiger partial charge in [-0.05, 0) is 23.3 Å². The number of hydrogen-bond acceptors (Lipinski definition) is 8. The number of nitrogens with two attached hydrogens (primary N) is 1. The molecule has 3 aromatic rings. The van der Waals surface area contributed by atoms with Gasteiger partial charge in [0, 0.05) is 11.9 Å². The fraction of sp³-hybridized carbons (Fsp3) is 0.0714. The highest BCUT2D eigenvalue weighted by Crippen LogP contribution is 2.28. The van der Waals surface area contributed by atoms with Crippen LogP contribution in [-0.4, -0.2) is 26.4 Å². The summed E-state index contributed by atoms with van der Waals surface area (Å²) < 4.78 is 0. The van der Waals surface area contributed by atoms with Crippen LogP contribution in [0.4, 0.5) is 16.6 Å².